The first-order chi connectivity index (χ1) is 8.28. The molecule has 0 aliphatic rings. The molecule has 1 aromatic heterocycles. The van der Waals surface area contributed by atoms with Crippen LogP contribution in [0.5, 0.6) is 0 Å². The fraction of sp³-hybridized carbons (Fsp3) is 0.167. The van der Waals surface area contributed by atoms with Gasteiger partial charge in [-0.25, -0.2) is 9.37 Å². The Morgan fingerprint density at radius 1 is 1.41 bits per heavy atom. The Kier molecular flexibility index (Phi) is 3.68. The van der Waals surface area contributed by atoms with Gasteiger partial charge in [-0.1, -0.05) is 0 Å². The van der Waals surface area contributed by atoms with E-state index in [9.17, 15) is 4.39 Å². The molecule has 2 aromatic rings. The number of halogens is 1. The molecule has 0 saturated heterocycles. The Labute approximate surface area is 103 Å². The van der Waals surface area contributed by atoms with E-state index >= 15 is 0 Å². The summed E-state index contributed by atoms with van der Waals surface area (Å²) >= 11 is 1.55. The van der Waals surface area contributed by atoms with Crippen LogP contribution in [0.4, 0.5) is 10.1 Å². The fourth-order valence-corrected chi connectivity index (χ4v) is 2.05. The summed E-state index contributed by atoms with van der Waals surface area (Å²) in [5, 5.41) is 13.8. The first kappa shape index (κ1) is 11.6. The summed E-state index contributed by atoms with van der Waals surface area (Å²) in [6.07, 6.45) is 0.780. The van der Waals surface area contributed by atoms with Crippen LogP contribution in [-0.2, 0) is 6.42 Å². The summed E-state index contributed by atoms with van der Waals surface area (Å²) in [5.74, 6) is -0.403. The van der Waals surface area contributed by atoms with Gasteiger partial charge in [0.15, 0.2) is 0 Å². The van der Waals surface area contributed by atoms with E-state index in [2.05, 4.69) is 10.3 Å². The van der Waals surface area contributed by atoms with Crippen LogP contribution in [0.25, 0.3) is 0 Å². The number of nitrogens with zero attached hydrogens (tertiary/aromatic N) is 2. The van der Waals surface area contributed by atoms with Crippen molar-refractivity contribution in [3.05, 3.63) is 46.2 Å². The summed E-state index contributed by atoms with van der Waals surface area (Å²) in [6, 6.07) is 6.14. The molecule has 0 aliphatic carbocycles. The van der Waals surface area contributed by atoms with Crippen LogP contribution >= 0.6 is 11.3 Å². The van der Waals surface area contributed by atoms with Crippen LogP contribution in [0.3, 0.4) is 0 Å². The fourth-order valence-electron chi connectivity index (χ4n) is 1.45. The zero-order chi connectivity index (χ0) is 12.1. The van der Waals surface area contributed by atoms with Crippen LogP contribution in [-0.4, -0.2) is 11.5 Å². The van der Waals surface area contributed by atoms with E-state index in [0.717, 1.165) is 12.1 Å². The molecule has 0 bridgehead atoms. The molecule has 5 heteroatoms. The molecule has 0 aliphatic heterocycles. The van der Waals surface area contributed by atoms with E-state index < -0.39 is 5.82 Å². The smallest absolute Gasteiger partial charge is 0.126 e. The second-order valence-corrected chi connectivity index (χ2v) is 4.22. The predicted octanol–water partition coefficient (Wildman–Crippen LogP) is 2.81. The summed E-state index contributed by atoms with van der Waals surface area (Å²) in [6.45, 7) is 0.665. The van der Waals surface area contributed by atoms with Crippen LogP contribution < -0.4 is 5.32 Å². The Balaban J connectivity index is 1.95. The molecule has 2 rings (SSSR count). The van der Waals surface area contributed by atoms with Gasteiger partial charge in [0.05, 0.1) is 22.8 Å². The van der Waals surface area contributed by atoms with Gasteiger partial charge in [-0.15, -0.1) is 11.3 Å². The van der Waals surface area contributed by atoms with Crippen molar-refractivity contribution in [3.8, 4) is 6.07 Å². The minimum atomic E-state index is -0.403. The molecule has 1 N–H and O–H groups in total. The van der Waals surface area contributed by atoms with Gasteiger partial charge in [-0.05, 0) is 18.2 Å². The summed E-state index contributed by atoms with van der Waals surface area (Å²) in [4.78, 5) is 4.15. The van der Waals surface area contributed by atoms with E-state index in [1.807, 2.05) is 11.4 Å². The van der Waals surface area contributed by atoms with Gasteiger partial charge in [0, 0.05) is 24.0 Å². The Bertz CT molecular complexity index is 531. The first-order valence-electron chi connectivity index (χ1n) is 5.09. The molecule has 86 valence electrons. The Hall–Kier alpha value is -1.93. The van der Waals surface area contributed by atoms with Crippen molar-refractivity contribution in [1.29, 1.82) is 5.26 Å². The molecule has 3 nitrogen and oxygen atoms in total. The molecule has 0 atom stereocenters. The van der Waals surface area contributed by atoms with Gasteiger partial charge in [0.1, 0.15) is 5.82 Å². The normalized spacial score (nSPS) is 9.88. The van der Waals surface area contributed by atoms with E-state index in [1.165, 1.54) is 12.1 Å². The molecule has 0 amide bonds. The molecular formula is C12H10FN3S. The molecule has 0 fully saturated rings. The van der Waals surface area contributed by atoms with Crippen molar-refractivity contribution in [2.45, 2.75) is 6.42 Å². The summed E-state index contributed by atoms with van der Waals surface area (Å²) in [5.41, 5.74) is 3.74. The zero-order valence-electron chi connectivity index (χ0n) is 8.98. The van der Waals surface area contributed by atoms with E-state index in [4.69, 9.17) is 5.26 Å². The van der Waals surface area contributed by atoms with Crippen molar-refractivity contribution in [3.63, 3.8) is 0 Å². The monoisotopic (exact) mass is 247 g/mol. The van der Waals surface area contributed by atoms with Crippen molar-refractivity contribution in [2.75, 3.05) is 11.9 Å². The van der Waals surface area contributed by atoms with Crippen LogP contribution in [0.1, 0.15) is 11.3 Å². The first-order valence-corrected chi connectivity index (χ1v) is 6.04. The Morgan fingerprint density at radius 3 is 3.00 bits per heavy atom. The average molecular weight is 247 g/mol. The maximum atomic E-state index is 13.1. The number of nitrogens with one attached hydrogen (secondary N) is 1. The number of anilines is 1. The van der Waals surface area contributed by atoms with Gasteiger partial charge in [-0.2, -0.15) is 5.26 Å². The van der Waals surface area contributed by atoms with Crippen LogP contribution in [0.2, 0.25) is 0 Å². The lowest BCUT2D eigenvalue weighted by Crippen LogP contribution is -2.05. The average Bonchev–Trinajstić information content (AvgIpc) is 2.81. The highest BCUT2D eigenvalue weighted by molar-refractivity contribution is 7.07. The second-order valence-electron chi connectivity index (χ2n) is 3.50. The minimum Gasteiger partial charge on any atom is -0.385 e. The topological polar surface area (TPSA) is 48.7 Å². The van der Waals surface area contributed by atoms with Crippen LogP contribution in [0.15, 0.2) is 29.1 Å². The standard InChI is InChI=1S/C12H10FN3S/c13-10-3-9(6-14)4-12(5-10)15-2-1-11-7-17-8-16-11/h3-5,7-8,15H,1-2H2. The van der Waals surface area contributed by atoms with Crippen molar-refractivity contribution in [1.82, 2.24) is 4.98 Å². The highest BCUT2D eigenvalue weighted by Crippen LogP contribution is 2.13. The third-order valence-electron chi connectivity index (χ3n) is 2.22. The van der Waals surface area contributed by atoms with E-state index in [1.54, 1.807) is 22.9 Å². The molecule has 1 heterocycles. The molecule has 17 heavy (non-hydrogen) atoms. The third kappa shape index (κ3) is 3.26. The highest BCUT2D eigenvalue weighted by atomic mass is 32.1. The van der Waals surface area contributed by atoms with Crippen molar-refractivity contribution in [2.24, 2.45) is 0 Å². The zero-order valence-corrected chi connectivity index (χ0v) is 9.80. The number of hydrogen-bond acceptors (Lipinski definition) is 4. The van der Waals surface area contributed by atoms with Crippen molar-refractivity contribution >= 4 is 17.0 Å². The SMILES string of the molecule is N#Cc1cc(F)cc(NCCc2cscn2)c1. The Morgan fingerprint density at radius 2 is 2.29 bits per heavy atom. The number of hydrogen-bond donors (Lipinski definition) is 1. The maximum Gasteiger partial charge on any atom is 0.126 e. The minimum absolute atomic E-state index is 0.321. The highest BCUT2D eigenvalue weighted by Gasteiger charge is 2.00. The van der Waals surface area contributed by atoms with Gasteiger partial charge in [0.25, 0.3) is 0 Å². The number of rotatable bonds is 4. The van der Waals surface area contributed by atoms with Gasteiger partial charge in [0.2, 0.25) is 0 Å². The van der Waals surface area contributed by atoms with Gasteiger partial charge >= 0.3 is 0 Å². The number of benzene rings is 1. The molecule has 1 aromatic carbocycles. The summed E-state index contributed by atoms with van der Waals surface area (Å²) in [7, 11) is 0. The number of thiazole rings is 1. The number of aromatic nitrogens is 1. The van der Waals surface area contributed by atoms with E-state index in [-0.39, 0.29) is 0 Å². The quantitative estimate of drug-likeness (QED) is 0.903. The van der Waals surface area contributed by atoms with Gasteiger partial charge < -0.3 is 5.32 Å². The maximum absolute atomic E-state index is 13.1. The third-order valence-corrected chi connectivity index (χ3v) is 2.86. The number of nitriles is 1. The van der Waals surface area contributed by atoms with Gasteiger partial charge in [-0.3, -0.25) is 0 Å². The predicted molar refractivity (Wildman–Crippen MR) is 65.4 cm³/mol. The molecule has 0 radical (unpaired) electrons. The largest absolute Gasteiger partial charge is 0.385 e. The molecule has 0 saturated carbocycles. The lowest BCUT2D eigenvalue weighted by Gasteiger charge is -2.05. The van der Waals surface area contributed by atoms with E-state index in [0.29, 0.717) is 17.8 Å². The summed E-state index contributed by atoms with van der Waals surface area (Å²) < 4.78 is 13.1. The molecular weight excluding hydrogens is 237 g/mol. The van der Waals surface area contributed by atoms with Crippen molar-refractivity contribution < 1.29 is 4.39 Å². The lowest BCUT2D eigenvalue weighted by atomic mass is 10.2. The second kappa shape index (κ2) is 5.41. The molecule has 0 spiro atoms. The lowest BCUT2D eigenvalue weighted by molar-refractivity contribution is 0.627. The molecule has 0 unspecified atom stereocenters. The van der Waals surface area contributed by atoms with Crippen LogP contribution in [0, 0.1) is 17.1 Å².